The number of nitrogens with one attached hydrogen (secondary N) is 1. The molecule has 1 atom stereocenters. The zero-order valence-corrected chi connectivity index (χ0v) is 13.8. The first-order valence-electron chi connectivity index (χ1n) is 8.30. The van der Waals surface area contributed by atoms with Gasteiger partial charge >= 0.3 is 0 Å². The van der Waals surface area contributed by atoms with Crippen LogP contribution in [0, 0.1) is 11.7 Å². The van der Waals surface area contributed by atoms with Crippen LogP contribution in [0.4, 0.5) is 21.5 Å². The Hall–Kier alpha value is -3.22. The number of carbonyl (C=O) groups is 3. The van der Waals surface area contributed by atoms with Crippen molar-refractivity contribution in [3.63, 3.8) is 0 Å². The van der Waals surface area contributed by atoms with E-state index in [0.29, 0.717) is 11.4 Å². The number of nitrogens with zero attached hydrogens (tertiary/aromatic N) is 2. The van der Waals surface area contributed by atoms with Gasteiger partial charge in [0.25, 0.3) is 0 Å². The molecule has 0 aliphatic carbocycles. The Labute approximate surface area is 149 Å². The lowest BCUT2D eigenvalue weighted by atomic mass is 10.1. The molecule has 1 N–H and O–H groups in total. The summed E-state index contributed by atoms with van der Waals surface area (Å²) in [4.78, 5) is 40.0. The predicted octanol–water partition coefficient (Wildman–Crippen LogP) is 2.16. The molecule has 0 radical (unpaired) electrons. The second-order valence-corrected chi connectivity index (χ2v) is 6.35. The summed E-state index contributed by atoms with van der Waals surface area (Å²) in [5, 5.41) is 2.73. The van der Waals surface area contributed by atoms with Gasteiger partial charge < -0.3 is 15.1 Å². The van der Waals surface area contributed by atoms with E-state index >= 15 is 0 Å². The highest BCUT2D eigenvalue weighted by Gasteiger charge is 2.40. The molecule has 0 spiro atoms. The van der Waals surface area contributed by atoms with Crippen LogP contribution in [0.3, 0.4) is 0 Å². The highest BCUT2D eigenvalue weighted by molar-refractivity contribution is 6.12. The maximum absolute atomic E-state index is 14.0. The number of halogens is 1. The smallest absolute Gasteiger partial charge is 0.244 e. The number of hydrogen-bond acceptors (Lipinski definition) is 3. The van der Waals surface area contributed by atoms with Gasteiger partial charge in [0.15, 0.2) is 0 Å². The first-order valence-corrected chi connectivity index (χ1v) is 8.30. The first kappa shape index (κ1) is 16.3. The third-order valence-corrected chi connectivity index (χ3v) is 4.65. The number of hydrogen-bond donors (Lipinski definition) is 1. The zero-order valence-electron chi connectivity index (χ0n) is 13.8. The average Bonchev–Trinajstić information content (AvgIpc) is 3.02. The van der Waals surface area contributed by atoms with Gasteiger partial charge in [-0.2, -0.15) is 0 Å². The van der Waals surface area contributed by atoms with E-state index in [9.17, 15) is 18.8 Å². The van der Waals surface area contributed by atoms with E-state index in [2.05, 4.69) is 5.32 Å². The second-order valence-electron chi connectivity index (χ2n) is 6.35. The van der Waals surface area contributed by atoms with E-state index in [4.69, 9.17) is 0 Å². The van der Waals surface area contributed by atoms with Crippen LogP contribution in [0.25, 0.3) is 0 Å². The fourth-order valence-corrected chi connectivity index (χ4v) is 3.43. The number of para-hydroxylation sites is 3. The minimum absolute atomic E-state index is 0.00649. The SMILES string of the molecule is O=C1CN(C(=O)[C@H]2CC(=O)N(c3ccccc3F)C2)c2ccccc2N1. The molecular weight excluding hydrogens is 337 g/mol. The van der Waals surface area contributed by atoms with Crippen LogP contribution in [0.2, 0.25) is 0 Å². The van der Waals surface area contributed by atoms with Crippen molar-refractivity contribution in [1.29, 1.82) is 0 Å². The van der Waals surface area contributed by atoms with E-state index in [1.165, 1.54) is 21.9 Å². The maximum atomic E-state index is 14.0. The molecule has 7 heteroatoms. The minimum atomic E-state index is -0.624. The van der Waals surface area contributed by atoms with Gasteiger partial charge in [0.05, 0.1) is 23.0 Å². The van der Waals surface area contributed by atoms with E-state index in [-0.39, 0.29) is 42.9 Å². The van der Waals surface area contributed by atoms with Gasteiger partial charge in [-0.1, -0.05) is 24.3 Å². The molecule has 2 aliphatic heterocycles. The second kappa shape index (κ2) is 6.25. The van der Waals surface area contributed by atoms with Crippen molar-refractivity contribution in [3.05, 3.63) is 54.3 Å². The number of carbonyl (C=O) groups excluding carboxylic acids is 3. The number of anilines is 3. The lowest BCUT2D eigenvalue weighted by molar-refractivity contribution is -0.125. The molecule has 132 valence electrons. The van der Waals surface area contributed by atoms with E-state index in [0.717, 1.165) is 0 Å². The van der Waals surface area contributed by atoms with Crippen molar-refractivity contribution in [2.45, 2.75) is 6.42 Å². The van der Waals surface area contributed by atoms with Crippen LogP contribution in [-0.4, -0.2) is 30.8 Å². The molecule has 4 rings (SSSR count). The summed E-state index contributed by atoms with van der Waals surface area (Å²) in [6, 6.07) is 13.0. The normalized spacial score (nSPS) is 19.3. The fourth-order valence-electron chi connectivity index (χ4n) is 3.43. The van der Waals surface area contributed by atoms with Gasteiger partial charge in [-0.05, 0) is 24.3 Å². The molecule has 2 heterocycles. The minimum Gasteiger partial charge on any atom is -0.323 e. The molecule has 0 saturated carbocycles. The van der Waals surface area contributed by atoms with E-state index < -0.39 is 11.7 Å². The van der Waals surface area contributed by atoms with Gasteiger partial charge in [-0.15, -0.1) is 0 Å². The lowest BCUT2D eigenvalue weighted by Gasteiger charge is -2.30. The van der Waals surface area contributed by atoms with E-state index in [1.54, 1.807) is 36.4 Å². The molecule has 6 nitrogen and oxygen atoms in total. The molecule has 0 aromatic heterocycles. The summed E-state index contributed by atoms with van der Waals surface area (Å²) < 4.78 is 14.0. The summed E-state index contributed by atoms with van der Waals surface area (Å²) in [7, 11) is 0. The zero-order chi connectivity index (χ0) is 18.3. The Balaban J connectivity index is 1.59. The Morgan fingerprint density at radius 1 is 1.04 bits per heavy atom. The Morgan fingerprint density at radius 2 is 1.73 bits per heavy atom. The Bertz CT molecular complexity index is 914. The summed E-state index contributed by atoms with van der Waals surface area (Å²) in [6.45, 7) is -0.000872. The third-order valence-electron chi connectivity index (χ3n) is 4.65. The van der Waals surface area contributed by atoms with Crippen LogP contribution in [-0.2, 0) is 14.4 Å². The first-order chi connectivity index (χ1) is 12.5. The van der Waals surface area contributed by atoms with Crippen LogP contribution >= 0.6 is 0 Å². The lowest BCUT2D eigenvalue weighted by Crippen LogP contribution is -2.45. The van der Waals surface area contributed by atoms with Gasteiger partial charge in [0, 0.05) is 13.0 Å². The standard InChI is InChI=1S/C19H16FN3O3/c20-13-5-1-3-7-15(13)22-10-12(9-18(22)25)19(26)23-11-17(24)21-14-6-2-4-8-16(14)23/h1-8,12H,9-11H2,(H,21,24)/t12-/m0/s1. The van der Waals surface area contributed by atoms with Gasteiger partial charge in [0.2, 0.25) is 17.7 Å². The van der Waals surface area contributed by atoms with Crippen molar-refractivity contribution in [2.24, 2.45) is 5.92 Å². The molecule has 0 unspecified atom stereocenters. The molecule has 2 aromatic carbocycles. The molecule has 2 aliphatic rings. The highest BCUT2D eigenvalue weighted by atomic mass is 19.1. The summed E-state index contributed by atoms with van der Waals surface area (Å²) in [6.07, 6.45) is -0.00649. The maximum Gasteiger partial charge on any atom is 0.244 e. The van der Waals surface area contributed by atoms with Gasteiger partial charge in [-0.25, -0.2) is 4.39 Å². The molecule has 2 aromatic rings. The Morgan fingerprint density at radius 3 is 2.50 bits per heavy atom. The molecule has 1 saturated heterocycles. The van der Waals surface area contributed by atoms with Crippen LogP contribution < -0.4 is 15.1 Å². The van der Waals surface area contributed by atoms with Gasteiger partial charge in [0.1, 0.15) is 12.4 Å². The van der Waals surface area contributed by atoms with E-state index in [1.807, 2.05) is 0 Å². The molecule has 1 fully saturated rings. The number of amides is 3. The van der Waals surface area contributed by atoms with Crippen molar-refractivity contribution in [2.75, 3.05) is 28.2 Å². The topological polar surface area (TPSA) is 69.7 Å². The quantitative estimate of drug-likeness (QED) is 0.900. The molecule has 26 heavy (non-hydrogen) atoms. The predicted molar refractivity (Wildman–Crippen MR) is 94.3 cm³/mol. The summed E-state index contributed by atoms with van der Waals surface area (Å²) in [5.74, 6) is -2.02. The summed E-state index contributed by atoms with van der Waals surface area (Å²) in [5.41, 5.74) is 1.34. The number of fused-ring (bicyclic) bond motifs is 1. The van der Waals surface area contributed by atoms with Crippen molar-refractivity contribution in [3.8, 4) is 0 Å². The third kappa shape index (κ3) is 2.71. The van der Waals surface area contributed by atoms with Crippen molar-refractivity contribution < 1.29 is 18.8 Å². The molecular formula is C19H16FN3O3. The van der Waals surface area contributed by atoms with Crippen molar-refractivity contribution in [1.82, 2.24) is 0 Å². The number of rotatable bonds is 2. The summed E-state index contributed by atoms with van der Waals surface area (Å²) >= 11 is 0. The number of benzene rings is 2. The van der Waals surface area contributed by atoms with Crippen molar-refractivity contribution >= 4 is 34.8 Å². The fraction of sp³-hybridized carbons (Fsp3) is 0.211. The molecule has 0 bridgehead atoms. The van der Waals surface area contributed by atoms with Crippen LogP contribution in [0.1, 0.15) is 6.42 Å². The largest absolute Gasteiger partial charge is 0.323 e. The van der Waals surface area contributed by atoms with Gasteiger partial charge in [-0.3, -0.25) is 14.4 Å². The Kier molecular flexibility index (Phi) is 3.91. The highest BCUT2D eigenvalue weighted by Crippen LogP contribution is 2.33. The average molecular weight is 353 g/mol. The van der Waals surface area contributed by atoms with Crippen LogP contribution in [0.15, 0.2) is 48.5 Å². The van der Waals surface area contributed by atoms with Crippen LogP contribution in [0.5, 0.6) is 0 Å². The monoisotopic (exact) mass is 353 g/mol. The molecule has 3 amide bonds.